The Labute approximate surface area is 140 Å². The van der Waals surface area contributed by atoms with Crippen LogP contribution in [0.1, 0.15) is 43.9 Å². The van der Waals surface area contributed by atoms with Gasteiger partial charge in [-0.1, -0.05) is 48.3 Å². The van der Waals surface area contributed by atoms with E-state index in [2.05, 4.69) is 27.8 Å². The van der Waals surface area contributed by atoms with Crippen LogP contribution in [0.2, 0.25) is 0 Å². The quantitative estimate of drug-likeness (QED) is 0.671. The fourth-order valence-electron chi connectivity index (χ4n) is 2.72. The van der Waals surface area contributed by atoms with Crippen LogP contribution in [-0.4, -0.2) is 32.8 Å². The Kier molecular flexibility index (Phi) is 4.59. The number of aryl methyl sites for hydroxylation is 1. The van der Waals surface area contributed by atoms with Crippen molar-refractivity contribution in [2.45, 2.75) is 39.7 Å². The molecule has 1 aliphatic rings. The molecule has 0 radical (unpaired) electrons. The van der Waals surface area contributed by atoms with Gasteiger partial charge in [-0.15, -0.1) is 0 Å². The van der Waals surface area contributed by atoms with Crippen molar-refractivity contribution >= 4 is 11.9 Å². The van der Waals surface area contributed by atoms with Crippen molar-refractivity contribution in [3.8, 4) is 0 Å². The van der Waals surface area contributed by atoms with E-state index in [1.807, 2.05) is 38.1 Å². The molecule has 2 aromatic rings. The van der Waals surface area contributed by atoms with E-state index < -0.39 is 6.04 Å². The Morgan fingerprint density at radius 3 is 2.75 bits per heavy atom. The average molecular weight is 327 g/mol. The molecular weight excluding hydrogens is 306 g/mol. The van der Waals surface area contributed by atoms with Crippen LogP contribution < -0.4 is 5.32 Å². The molecule has 0 amide bonds. The number of anilines is 1. The van der Waals surface area contributed by atoms with Gasteiger partial charge in [-0.2, -0.15) is 4.68 Å². The maximum absolute atomic E-state index is 12.7. The normalized spacial score (nSPS) is 16.5. The summed E-state index contributed by atoms with van der Waals surface area (Å²) < 4.78 is 7.06. The number of esters is 1. The lowest BCUT2D eigenvalue weighted by Gasteiger charge is -2.27. The van der Waals surface area contributed by atoms with E-state index in [1.165, 1.54) is 0 Å². The molecule has 0 unspecified atom stereocenters. The highest BCUT2D eigenvalue weighted by atomic mass is 16.5. The van der Waals surface area contributed by atoms with Crippen molar-refractivity contribution in [1.82, 2.24) is 20.2 Å². The molecule has 1 aromatic heterocycles. The second kappa shape index (κ2) is 6.82. The number of tetrazole rings is 1. The standard InChI is InChI=1S/C17H21N5O2/c1-4-5-10-24-16(23)14-12(3)18-17-19-20-21-22(17)15(14)13-8-6-11(2)7-9-13/h6-9,15H,4-5,10H2,1-3H3,(H,18,19,21)/t15-/m1/s1. The minimum absolute atomic E-state index is 0.333. The number of carbonyl (C=O) groups is 1. The molecule has 0 fully saturated rings. The van der Waals surface area contributed by atoms with Gasteiger partial charge in [-0.3, -0.25) is 0 Å². The molecule has 1 atom stereocenters. The average Bonchev–Trinajstić information content (AvgIpc) is 3.02. The number of hydrogen-bond donors (Lipinski definition) is 1. The summed E-state index contributed by atoms with van der Waals surface area (Å²) in [6, 6.07) is 7.60. The topological polar surface area (TPSA) is 81.9 Å². The second-order valence-corrected chi connectivity index (χ2v) is 5.91. The molecule has 0 bridgehead atoms. The Hall–Kier alpha value is -2.70. The van der Waals surface area contributed by atoms with Crippen LogP contribution in [-0.2, 0) is 9.53 Å². The number of carbonyl (C=O) groups excluding carboxylic acids is 1. The first-order valence-corrected chi connectivity index (χ1v) is 8.11. The highest BCUT2D eigenvalue weighted by Crippen LogP contribution is 2.34. The maximum Gasteiger partial charge on any atom is 0.338 e. The summed E-state index contributed by atoms with van der Waals surface area (Å²) in [4.78, 5) is 12.7. The fourth-order valence-corrected chi connectivity index (χ4v) is 2.72. The summed E-state index contributed by atoms with van der Waals surface area (Å²) in [5, 5.41) is 14.8. The van der Waals surface area contributed by atoms with Gasteiger partial charge in [-0.05, 0) is 36.3 Å². The fraction of sp³-hybridized carbons (Fsp3) is 0.412. The van der Waals surface area contributed by atoms with Gasteiger partial charge in [0.05, 0.1) is 12.2 Å². The third-order valence-electron chi connectivity index (χ3n) is 4.06. The molecule has 7 heteroatoms. The Bertz CT molecular complexity index is 764. The largest absolute Gasteiger partial charge is 0.462 e. The maximum atomic E-state index is 12.7. The van der Waals surface area contributed by atoms with Gasteiger partial charge >= 0.3 is 5.97 Å². The van der Waals surface area contributed by atoms with E-state index in [4.69, 9.17) is 4.74 Å². The van der Waals surface area contributed by atoms with E-state index in [0.29, 0.717) is 23.8 Å². The molecule has 0 saturated carbocycles. The molecule has 0 spiro atoms. The van der Waals surface area contributed by atoms with Crippen LogP contribution in [0.4, 0.5) is 5.95 Å². The zero-order valence-corrected chi connectivity index (χ0v) is 14.1. The lowest BCUT2D eigenvalue weighted by Crippen LogP contribution is -2.29. The van der Waals surface area contributed by atoms with Crippen molar-refractivity contribution in [3.63, 3.8) is 0 Å². The van der Waals surface area contributed by atoms with E-state index in [9.17, 15) is 4.79 Å². The number of aromatic nitrogens is 4. The van der Waals surface area contributed by atoms with Gasteiger partial charge in [0.1, 0.15) is 6.04 Å². The number of allylic oxidation sites excluding steroid dienone is 1. The lowest BCUT2D eigenvalue weighted by molar-refractivity contribution is -0.139. The predicted octanol–water partition coefficient (Wildman–Crippen LogP) is 2.61. The van der Waals surface area contributed by atoms with E-state index in [-0.39, 0.29) is 5.97 Å². The molecule has 1 aromatic carbocycles. The van der Waals surface area contributed by atoms with Crippen LogP contribution in [0.5, 0.6) is 0 Å². The van der Waals surface area contributed by atoms with Crippen molar-refractivity contribution in [3.05, 3.63) is 46.7 Å². The number of hydrogen-bond acceptors (Lipinski definition) is 6. The number of nitrogens with one attached hydrogen (secondary N) is 1. The summed E-state index contributed by atoms with van der Waals surface area (Å²) in [7, 11) is 0. The first-order valence-electron chi connectivity index (χ1n) is 8.11. The van der Waals surface area contributed by atoms with Crippen molar-refractivity contribution in [2.75, 3.05) is 11.9 Å². The summed E-state index contributed by atoms with van der Waals surface area (Å²) in [5.74, 6) is 0.184. The van der Waals surface area contributed by atoms with Gasteiger partial charge in [-0.25, -0.2) is 4.79 Å². The van der Waals surface area contributed by atoms with Gasteiger partial charge < -0.3 is 10.1 Å². The molecule has 2 heterocycles. The smallest absolute Gasteiger partial charge is 0.338 e. The molecule has 3 rings (SSSR count). The summed E-state index contributed by atoms with van der Waals surface area (Å²) in [6.45, 7) is 6.34. The molecule has 24 heavy (non-hydrogen) atoms. The number of benzene rings is 1. The van der Waals surface area contributed by atoms with Crippen LogP contribution in [0.25, 0.3) is 0 Å². The monoisotopic (exact) mass is 327 g/mol. The second-order valence-electron chi connectivity index (χ2n) is 5.91. The molecule has 1 aliphatic heterocycles. The van der Waals surface area contributed by atoms with E-state index in [1.54, 1.807) is 4.68 Å². The number of unbranched alkanes of at least 4 members (excludes halogenated alkanes) is 1. The zero-order valence-electron chi connectivity index (χ0n) is 14.1. The Morgan fingerprint density at radius 2 is 2.04 bits per heavy atom. The van der Waals surface area contributed by atoms with Gasteiger partial charge in [0.25, 0.3) is 0 Å². The van der Waals surface area contributed by atoms with Gasteiger partial charge in [0, 0.05) is 5.70 Å². The summed E-state index contributed by atoms with van der Waals surface area (Å²) in [5.41, 5.74) is 3.34. The number of ether oxygens (including phenoxy) is 1. The first-order chi connectivity index (χ1) is 11.6. The molecule has 0 saturated heterocycles. The third kappa shape index (κ3) is 3.02. The Morgan fingerprint density at radius 1 is 1.29 bits per heavy atom. The van der Waals surface area contributed by atoms with Crippen LogP contribution in [0, 0.1) is 6.92 Å². The van der Waals surface area contributed by atoms with Crippen molar-refractivity contribution in [2.24, 2.45) is 0 Å². The lowest BCUT2D eigenvalue weighted by atomic mass is 9.95. The van der Waals surface area contributed by atoms with Gasteiger partial charge in [0.15, 0.2) is 0 Å². The van der Waals surface area contributed by atoms with Gasteiger partial charge in [0.2, 0.25) is 5.95 Å². The molecule has 7 nitrogen and oxygen atoms in total. The van der Waals surface area contributed by atoms with Crippen LogP contribution >= 0.6 is 0 Å². The highest BCUT2D eigenvalue weighted by molar-refractivity contribution is 5.92. The third-order valence-corrected chi connectivity index (χ3v) is 4.06. The molecule has 1 N–H and O–H groups in total. The van der Waals surface area contributed by atoms with Crippen molar-refractivity contribution < 1.29 is 9.53 Å². The summed E-state index contributed by atoms with van der Waals surface area (Å²) >= 11 is 0. The SMILES string of the molecule is CCCCOC(=O)C1=C(C)Nc2nnnn2[C@@H]1c1ccc(C)cc1. The first kappa shape index (κ1) is 16.2. The molecular formula is C17H21N5O2. The van der Waals surface area contributed by atoms with Crippen molar-refractivity contribution in [1.29, 1.82) is 0 Å². The minimum atomic E-state index is -0.397. The predicted molar refractivity (Wildman–Crippen MR) is 89.3 cm³/mol. The number of fused-ring (bicyclic) bond motifs is 1. The Balaban J connectivity index is 2.00. The minimum Gasteiger partial charge on any atom is -0.462 e. The highest BCUT2D eigenvalue weighted by Gasteiger charge is 2.34. The number of rotatable bonds is 5. The van der Waals surface area contributed by atoms with E-state index in [0.717, 1.165) is 24.0 Å². The summed E-state index contributed by atoms with van der Waals surface area (Å²) in [6.07, 6.45) is 1.82. The van der Waals surface area contributed by atoms with Crippen LogP contribution in [0.15, 0.2) is 35.5 Å². The van der Waals surface area contributed by atoms with Crippen LogP contribution in [0.3, 0.4) is 0 Å². The molecule has 126 valence electrons. The zero-order chi connectivity index (χ0) is 17.1. The molecule has 0 aliphatic carbocycles. The van der Waals surface area contributed by atoms with E-state index >= 15 is 0 Å². The number of nitrogens with zero attached hydrogens (tertiary/aromatic N) is 4.